The fraction of sp³-hybridized carbons (Fsp3) is 0.381. The zero-order chi connectivity index (χ0) is 20.8. The van der Waals surface area contributed by atoms with E-state index in [1.165, 1.54) is 14.2 Å². The maximum atomic E-state index is 12.9. The van der Waals surface area contributed by atoms with Gasteiger partial charge in [0.05, 0.1) is 19.2 Å². The van der Waals surface area contributed by atoms with Gasteiger partial charge in [0, 0.05) is 43.3 Å². The smallest absolute Gasteiger partial charge is 0.254 e. The van der Waals surface area contributed by atoms with Gasteiger partial charge in [-0.1, -0.05) is 23.2 Å². The molecule has 29 heavy (non-hydrogen) atoms. The number of piperazine rings is 1. The lowest BCUT2D eigenvalue weighted by Gasteiger charge is -2.34. The minimum Gasteiger partial charge on any atom is -0.493 e. The Bertz CT molecular complexity index is 837. The second kappa shape index (κ2) is 10.1. The second-order valence-electron chi connectivity index (χ2n) is 6.63. The summed E-state index contributed by atoms with van der Waals surface area (Å²) < 4.78 is 16.3. The molecular weight excluding hydrogens is 415 g/mol. The van der Waals surface area contributed by atoms with Crippen molar-refractivity contribution >= 4 is 29.1 Å². The van der Waals surface area contributed by atoms with Crippen LogP contribution in [0.4, 0.5) is 0 Å². The maximum Gasteiger partial charge on any atom is 0.254 e. The van der Waals surface area contributed by atoms with Gasteiger partial charge < -0.3 is 19.1 Å². The monoisotopic (exact) mass is 438 g/mol. The quantitative estimate of drug-likeness (QED) is 0.656. The first-order chi connectivity index (χ1) is 14.0. The van der Waals surface area contributed by atoms with E-state index in [0.29, 0.717) is 46.8 Å². The Labute approximate surface area is 180 Å². The first-order valence-electron chi connectivity index (χ1n) is 9.33. The predicted octanol–water partition coefficient (Wildman–Crippen LogP) is 3.85. The lowest BCUT2D eigenvalue weighted by atomic mass is 10.1. The summed E-state index contributed by atoms with van der Waals surface area (Å²) in [6.45, 7) is 4.25. The van der Waals surface area contributed by atoms with Gasteiger partial charge in [0.15, 0.2) is 11.5 Å². The molecule has 0 aromatic heterocycles. The Morgan fingerprint density at radius 1 is 1.00 bits per heavy atom. The molecule has 1 saturated heterocycles. The Morgan fingerprint density at radius 2 is 1.69 bits per heavy atom. The van der Waals surface area contributed by atoms with E-state index in [1.54, 1.807) is 12.1 Å². The zero-order valence-electron chi connectivity index (χ0n) is 16.5. The molecule has 0 atom stereocenters. The van der Waals surface area contributed by atoms with Crippen LogP contribution in [-0.2, 0) is 0 Å². The van der Waals surface area contributed by atoms with E-state index in [2.05, 4.69) is 4.90 Å². The molecule has 0 bridgehead atoms. The molecule has 0 spiro atoms. The van der Waals surface area contributed by atoms with Crippen LogP contribution in [0, 0.1) is 0 Å². The van der Waals surface area contributed by atoms with Crippen molar-refractivity contribution < 1.29 is 19.0 Å². The number of carbonyl (C=O) groups excluding carboxylic acids is 1. The van der Waals surface area contributed by atoms with Gasteiger partial charge in [0.2, 0.25) is 0 Å². The highest BCUT2D eigenvalue weighted by molar-refractivity contribution is 6.32. The number of hydrogen-bond acceptors (Lipinski definition) is 5. The van der Waals surface area contributed by atoms with Crippen LogP contribution in [0.5, 0.6) is 17.2 Å². The van der Waals surface area contributed by atoms with Crippen LogP contribution >= 0.6 is 23.2 Å². The van der Waals surface area contributed by atoms with Gasteiger partial charge in [0.25, 0.3) is 5.91 Å². The number of ether oxygens (including phenoxy) is 3. The van der Waals surface area contributed by atoms with Crippen LogP contribution in [0.1, 0.15) is 10.4 Å². The van der Waals surface area contributed by atoms with E-state index >= 15 is 0 Å². The number of benzene rings is 2. The molecule has 0 aliphatic carbocycles. The third-order valence-electron chi connectivity index (χ3n) is 4.83. The lowest BCUT2D eigenvalue weighted by Crippen LogP contribution is -2.49. The van der Waals surface area contributed by atoms with Gasteiger partial charge in [-0.15, -0.1) is 0 Å². The minimum atomic E-state index is -0.0649. The Balaban J connectivity index is 1.50. The molecule has 156 valence electrons. The number of halogens is 2. The van der Waals surface area contributed by atoms with Crippen LogP contribution in [-0.4, -0.2) is 69.3 Å². The summed E-state index contributed by atoms with van der Waals surface area (Å²) in [5.74, 6) is 1.61. The minimum absolute atomic E-state index is 0.0649. The summed E-state index contributed by atoms with van der Waals surface area (Å²) in [5.41, 5.74) is 0.493. The summed E-state index contributed by atoms with van der Waals surface area (Å²) in [6.07, 6.45) is 0. The fourth-order valence-corrected chi connectivity index (χ4v) is 3.64. The van der Waals surface area contributed by atoms with Crippen molar-refractivity contribution in [3.8, 4) is 17.2 Å². The van der Waals surface area contributed by atoms with Crippen LogP contribution in [0.15, 0.2) is 36.4 Å². The summed E-state index contributed by atoms with van der Waals surface area (Å²) in [4.78, 5) is 17.0. The molecule has 1 aliphatic heterocycles. The van der Waals surface area contributed by atoms with Crippen LogP contribution in [0.25, 0.3) is 0 Å². The molecule has 1 aliphatic rings. The number of methoxy groups -OCH3 is 2. The molecular formula is C21H24Cl2N2O4. The predicted molar refractivity (Wildman–Crippen MR) is 114 cm³/mol. The number of hydrogen-bond donors (Lipinski definition) is 0. The van der Waals surface area contributed by atoms with Gasteiger partial charge in [-0.05, 0) is 36.4 Å². The second-order valence-corrected chi connectivity index (χ2v) is 7.47. The van der Waals surface area contributed by atoms with Crippen molar-refractivity contribution in [2.45, 2.75) is 0 Å². The first-order valence-corrected chi connectivity index (χ1v) is 10.1. The summed E-state index contributed by atoms with van der Waals surface area (Å²) >= 11 is 12.1. The highest BCUT2D eigenvalue weighted by atomic mass is 35.5. The average Bonchev–Trinajstić information content (AvgIpc) is 2.74. The summed E-state index contributed by atoms with van der Waals surface area (Å²) in [6, 6.07) is 10.6. The van der Waals surface area contributed by atoms with Crippen molar-refractivity contribution in [2.24, 2.45) is 0 Å². The molecule has 3 rings (SSSR count). The van der Waals surface area contributed by atoms with Crippen LogP contribution < -0.4 is 14.2 Å². The van der Waals surface area contributed by atoms with Gasteiger partial charge in [-0.2, -0.15) is 0 Å². The normalized spacial score (nSPS) is 14.6. The molecule has 0 unspecified atom stereocenters. The molecule has 2 aromatic rings. The van der Waals surface area contributed by atoms with Crippen molar-refractivity contribution in [3.63, 3.8) is 0 Å². The fourth-order valence-electron chi connectivity index (χ4n) is 3.22. The molecule has 8 heteroatoms. The standard InChI is InChI=1S/C21H24Cl2N2O4/c1-27-19-14-15(13-18(23)20(19)28-2)21(26)25-9-7-24(8-10-25)11-12-29-17-5-3-16(22)4-6-17/h3-6,13-14H,7-12H2,1-2H3. The van der Waals surface area contributed by atoms with Crippen molar-refractivity contribution in [1.29, 1.82) is 0 Å². The lowest BCUT2D eigenvalue weighted by molar-refractivity contribution is 0.0620. The Hall–Kier alpha value is -2.15. The van der Waals surface area contributed by atoms with E-state index in [4.69, 9.17) is 37.4 Å². The van der Waals surface area contributed by atoms with Crippen LogP contribution in [0.2, 0.25) is 10.0 Å². The van der Waals surface area contributed by atoms with Crippen molar-refractivity contribution in [3.05, 3.63) is 52.0 Å². The number of carbonyl (C=O) groups is 1. The molecule has 0 N–H and O–H groups in total. The third-order valence-corrected chi connectivity index (χ3v) is 5.36. The molecule has 1 heterocycles. The highest BCUT2D eigenvalue weighted by Crippen LogP contribution is 2.36. The highest BCUT2D eigenvalue weighted by Gasteiger charge is 2.24. The first kappa shape index (κ1) is 21.6. The summed E-state index contributed by atoms with van der Waals surface area (Å²) in [5, 5.41) is 1.04. The van der Waals surface area contributed by atoms with Gasteiger partial charge in [0.1, 0.15) is 12.4 Å². The Kier molecular flexibility index (Phi) is 7.47. The largest absolute Gasteiger partial charge is 0.493 e. The average molecular weight is 439 g/mol. The molecule has 1 fully saturated rings. The topological polar surface area (TPSA) is 51.2 Å². The SMILES string of the molecule is COc1cc(C(=O)N2CCN(CCOc3ccc(Cl)cc3)CC2)cc(Cl)c1OC. The summed E-state index contributed by atoms with van der Waals surface area (Å²) in [7, 11) is 3.04. The number of nitrogens with zero attached hydrogens (tertiary/aromatic N) is 2. The number of amides is 1. The third kappa shape index (κ3) is 5.47. The zero-order valence-corrected chi connectivity index (χ0v) is 18.0. The van der Waals surface area contributed by atoms with E-state index in [0.717, 1.165) is 25.4 Å². The van der Waals surface area contributed by atoms with E-state index in [9.17, 15) is 4.79 Å². The molecule has 0 radical (unpaired) electrons. The van der Waals surface area contributed by atoms with E-state index in [-0.39, 0.29) is 5.91 Å². The number of rotatable bonds is 7. The molecule has 6 nitrogen and oxygen atoms in total. The van der Waals surface area contributed by atoms with E-state index in [1.807, 2.05) is 29.2 Å². The molecule has 2 aromatic carbocycles. The molecule has 0 saturated carbocycles. The van der Waals surface area contributed by atoms with Gasteiger partial charge >= 0.3 is 0 Å². The van der Waals surface area contributed by atoms with Crippen molar-refractivity contribution in [2.75, 3.05) is 53.6 Å². The van der Waals surface area contributed by atoms with E-state index < -0.39 is 0 Å². The molecule has 1 amide bonds. The van der Waals surface area contributed by atoms with Gasteiger partial charge in [-0.25, -0.2) is 0 Å². The van der Waals surface area contributed by atoms with Gasteiger partial charge in [-0.3, -0.25) is 9.69 Å². The Morgan fingerprint density at radius 3 is 2.31 bits per heavy atom. The maximum absolute atomic E-state index is 12.9. The van der Waals surface area contributed by atoms with Crippen molar-refractivity contribution in [1.82, 2.24) is 9.80 Å². The van der Waals surface area contributed by atoms with Crippen LogP contribution in [0.3, 0.4) is 0 Å².